The fourth-order valence-electron chi connectivity index (χ4n) is 3.95. The van der Waals surface area contributed by atoms with E-state index in [1.807, 2.05) is 5.32 Å². The second-order valence-electron chi connectivity index (χ2n) is 8.64. The first-order chi connectivity index (χ1) is 19.1. The summed E-state index contributed by atoms with van der Waals surface area (Å²) in [5, 5.41) is 6.29. The molecule has 0 spiro atoms. The van der Waals surface area contributed by atoms with Gasteiger partial charge in [-0.3, -0.25) is 14.4 Å². The van der Waals surface area contributed by atoms with Crippen molar-refractivity contribution in [2.75, 3.05) is 16.0 Å². The predicted molar refractivity (Wildman–Crippen MR) is 151 cm³/mol. The number of benzene rings is 3. The molecule has 0 radical (unpaired) electrons. The standard InChI is InChI=1S/C25H13Cl6F4N3O3/c26-11-2-1-9(36-23(40)17-16(25(17,30)31)8-5-12(27)18(29)13(28)6-8)7-10(11)22(39)38-20-14(32)3-4-15(19(20)33)37-24(41)21(34)35/h1-7,16-17,21H,(H,36,40)(H,37,41)(H,38,39)/t16-,17?/m0/s1. The van der Waals surface area contributed by atoms with Gasteiger partial charge in [0.2, 0.25) is 5.91 Å². The Hall–Kier alpha value is -2.47. The zero-order chi connectivity index (χ0) is 30.4. The summed E-state index contributed by atoms with van der Waals surface area (Å²) >= 11 is 36.9. The van der Waals surface area contributed by atoms with Crippen LogP contribution in [0.5, 0.6) is 0 Å². The smallest absolute Gasteiger partial charge is 0.315 e. The Labute approximate surface area is 259 Å². The van der Waals surface area contributed by atoms with E-state index in [9.17, 15) is 31.9 Å². The van der Waals surface area contributed by atoms with Crippen LogP contribution < -0.4 is 16.0 Å². The summed E-state index contributed by atoms with van der Waals surface area (Å²) < 4.78 is 52.6. The zero-order valence-electron chi connectivity index (χ0n) is 19.8. The Kier molecular flexibility index (Phi) is 9.23. The van der Waals surface area contributed by atoms with Crippen LogP contribution in [0.2, 0.25) is 20.1 Å². The van der Waals surface area contributed by atoms with E-state index in [0.29, 0.717) is 17.7 Å². The second kappa shape index (κ2) is 12.0. The van der Waals surface area contributed by atoms with E-state index in [1.165, 1.54) is 24.3 Å². The summed E-state index contributed by atoms with van der Waals surface area (Å²) in [6.07, 6.45) is -3.47. The van der Waals surface area contributed by atoms with Gasteiger partial charge in [0.1, 0.15) is 15.8 Å². The monoisotopic (exact) mass is 689 g/mol. The fourth-order valence-corrected chi connectivity index (χ4v) is 5.60. The van der Waals surface area contributed by atoms with Crippen LogP contribution in [0.4, 0.5) is 34.6 Å². The highest BCUT2D eigenvalue weighted by Crippen LogP contribution is 2.65. The van der Waals surface area contributed by atoms with Crippen molar-refractivity contribution in [3.8, 4) is 0 Å². The lowest BCUT2D eigenvalue weighted by Crippen LogP contribution is -2.22. The van der Waals surface area contributed by atoms with Gasteiger partial charge in [-0.2, -0.15) is 8.78 Å². The van der Waals surface area contributed by atoms with E-state index in [0.717, 1.165) is 6.07 Å². The Morgan fingerprint density at radius 2 is 1.46 bits per heavy atom. The molecule has 2 atom stereocenters. The van der Waals surface area contributed by atoms with Crippen molar-refractivity contribution < 1.29 is 31.9 Å². The van der Waals surface area contributed by atoms with E-state index in [-0.39, 0.29) is 31.3 Å². The Bertz CT molecular complexity index is 1570. The van der Waals surface area contributed by atoms with Crippen molar-refractivity contribution in [2.24, 2.45) is 5.92 Å². The first-order valence-electron chi connectivity index (χ1n) is 11.1. The number of nitrogens with one attached hydrogen (secondary N) is 3. The molecule has 6 nitrogen and oxygen atoms in total. The number of carbonyl (C=O) groups excluding carboxylic acids is 3. The molecule has 1 aliphatic rings. The predicted octanol–water partition coefficient (Wildman–Crippen LogP) is 8.56. The van der Waals surface area contributed by atoms with Gasteiger partial charge in [0.15, 0.2) is 5.82 Å². The van der Waals surface area contributed by atoms with Gasteiger partial charge in [0.25, 0.3) is 11.8 Å². The second-order valence-corrected chi connectivity index (χ2v) is 11.7. The number of halogens is 10. The van der Waals surface area contributed by atoms with Crippen molar-refractivity contribution in [1.82, 2.24) is 0 Å². The molecular formula is C25H13Cl6F4N3O3. The van der Waals surface area contributed by atoms with Gasteiger partial charge < -0.3 is 16.0 Å². The average molecular weight is 692 g/mol. The molecule has 0 saturated heterocycles. The van der Waals surface area contributed by atoms with Crippen molar-refractivity contribution in [3.63, 3.8) is 0 Å². The Balaban J connectivity index is 1.53. The highest BCUT2D eigenvalue weighted by molar-refractivity contribution is 6.54. The summed E-state index contributed by atoms with van der Waals surface area (Å²) in [6, 6.07) is 8.00. The van der Waals surface area contributed by atoms with Gasteiger partial charge >= 0.3 is 6.43 Å². The molecular weight excluding hydrogens is 679 g/mol. The normalized spacial score (nSPS) is 17.2. The summed E-state index contributed by atoms with van der Waals surface area (Å²) in [4.78, 5) is 37.1. The van der Waals surface area contributed by atoms with E-state index in [2.05, 4.69) is 5.32 Å². The van der Waals surface area contributed by atoms with Crippen molar-refractivity contribution in [1.29, 1.82) is 0 Å². The maximum absolute atomic E-state index is 14.7. The molecule has 0 bridgehead atoms. The van der Waals surface area contributed by atoms with E-state index < -0.39 is 63.3 Å². The molecule has 0 heterocycles. The lowest BCUT2D eigenvalue weighted by Gasteiger charge is -2.13. The third kappa shape index (κ3) is 6.48. The third-order valence-electron chi connectivity index (χ3n) is 5.97. The lowest BCUT2D eigenvalue weighted by atomic mass is 10.1. The van der Waals surface area contributed by atoms with Crippen molar-refractivity contribution in [3.05, 3.63) is 85.3 Å². The molecule has 3 amide bonds. The molecule has 1 fully saturated rings. The summed E-state index contributed by atoms with van der Waals surface area (Å²) in [6.45, 7) is 0. The molecule has 3 N–H and O–H groups in total. The molecule has 1 aliphatic carbocycles. The number of hydrogen-bond donors (Lipinski definition) is 3. The highest BCUT2D eigenvalue weighted by atomic mass is 35.5. The van der Waals surface area contributed by atoms with Gasteiger partial charge in [-0.05, 0) is 48.0 Å². The number of carbonyl (C=O) groups is 3. The number of hydrogen-bond acceptors (Lipinski definition) is 3. The third-order valence-corrected chi connectivity index (χ3v) is 8.43. The molecule has 4 rings (SSSR count). The van der Waals surface area contributed by atoms with Gasteiger partial charge in [-0.15, -0.1) is 23.2 Å². The first kappa shape index (κ1) is 31.5. The van der Waals surface area contributed by atoms with Gasteiger partial charge in [-0.1, -0.05) is 46.4 Å². The van der Waals surface area contributed by atoms with Crippen LogP contribution in [-0.2, 0) is 9.59 Å². The van der Waals surface area contributed by atoms with Crippen LogP contribution in [0.3, 0.4) is 0 Å². The molecule has 3 aromatic carbocycles. The Morgan fingerprint density at radius 1 is 0.829 bits per heavy atom. The first-order valence-corrected chi connectivity index (χ1v) is 13.4. The molecule has 3 aromatic rings. The number of amides is 3. The summed E-state index contributed by atoms with van der Waals surface area (Å²) in [7, 11) is 0. The van der Waals surface area contributed by atoms with Gasteiger partial charge in [-0.25, -0.2) is 8.78 Å². The summed E-state index contributed by atoms with van der Waals surface area (Å²) in [5.74, 6) is -8.07. The molecule has 41 heavy (non-hydrogen) atoms. The number of alkyl halides is 4. The quantitative estimate of drug-likeness (QED) is 0.132. The average Bonchev–Trinajstić information content (AvgIpc) is 3.49. The maximum Gasteiger partial charge on any atom is 0.315 e. The molecule has 0 aromatic heterocycles. The largest absolute Gasteiger partial charge is 0.326 e. The van der Waals surface area contributed by atoms with Crippen LogP contribution in [-0.4, -0.2) is 28.5 Å². The van der Waals surface area contributed by atoms with E-state index in [4.69, 9.17) is 69.6 Å². The lowest BCUT2D eigenvalue weighted by molar-refractivity contribution is -0.126. The number of anilines is 3. The molecule has 1 saturated carbocycles. The van der Waals surface area contributed by atoms with E-state index in [1.54, 1.807) is 5.32 Å². The minimum Gasteiger partial charge on any atom is -0.326 e. The van der Waals surface area contributed by atoms with Crippen molar-refractivity contribution >= 4 is 104 Å². The zero-order valence-corrected chi connectivity index (χ0v) is 24.3. The van der Waals surface area contributed by atoms with Gasteiger partial charge in [0.05, 0.1) is 37.3 Å². The topological polar surface area (TPSA) is 87.3 Å². The van der Waals surface area contributed by atoms with Crippen LogP contribution >= 0.6 is 69.6 Å². The van der Waals surface area contributed by atoms with Crippen LogP contribution in [0.25, 0.3) is 0 Å². The van der Waals surface area contributed by atoms with Gasteiger partial charge in [0, 0.05) is 11.6 Å². The minimum absolute atomic E-state index is 0.0467. The fraction of sp³-hybridized carbons (Fsp3) is 0.160. The summed E-state index contributed by atoms with van der Waals surface area (Å²) in [5.41, 5.74) is -1.65. The highest BCUT2D eigenvalue weighted by Gasteiger charge is 2.67. The van der Waals surface area contributed by atoms with Crippen LogP contribution in [0.1, 0.15) is 21.8 Å². The van der Waals surface area contributed by atoms with Crippen LogP contribution in [0.15, 0.2) is 42.5 Å². The molecule has 216 valence electrons. The number of rotatable bonds is 7. The van der Waals surface area contributed by atoms with Crippen molar-refractivity contribution in [2.45, 2.75) is 16.7 Å². The SMILES string of the molecule is O=C(Nc1c(F)ccc(NC(=O)C(F)F)c1F)c1cc(NC(=O)C2[C@H](c3cc(Cl)c(Cl)c(Cl)c3)C2(Cl)Cl)ccc1Cl. The Morgan fingerprint density at radius 3 is 2.07 bits per heavy atom. The van der Waals surface area contributed by atoms with Crippen LogP contribution in [0, 0.1) is 17.6 Å². The molecule has 0 aliphatic heterocycles. The minimum atomic E-state index is -3.47. The van der Waals surface area contributed by atoms with E-state index >= 15 is 0 Å². The molecule has 1 unspecified atom stereocenters. The maximum atomic E-state index is 14.7. The molecule has 16 heteroatoms.